The van der Waals surface area contributed by atoms with Crippen LogP contribution in [-0.4, -0.2) is 26.3 Å². The fraction of sp³-hybridized carbons (Fsp3) is 0.862. The molecule has 0 saturated heterocycles. The van der Waals surface area contributed by atoms with Crippen LogP contribution >= 0.6 is 0 Å². The number of rotatable bonds is 7. The van der Waals surface area contributed by atoms with Crippen molar-refractivity contribution in [2.24, 2.45) is 35.5 Å². The van der Waals surface area contributed by atoms with Crippen LogP contribution in [0.5, 0.6) is 0 Å². The number of nitrogens with zero attached hydrogens (tertiary/aromatic N) is 2. The fourth-order valence-corrected chi connectivity index (χ4v) is 8.47. The number of aryl methyl sites for hydroxylation is 1. The summed E-state index contributed by atoms with van der Waals surface area (Å²) >= 11 is 0. The zero-order valence-corrected chi connectivity index (χ0v) is 21.1. The monoisotopic (exact) mass is 454 g/mol. The molecule has 4 heteroatoms. The molecule has 0 spiro atoms. The lowest BCUT2D eigenvalue weighted by molar-refractivity contribution is -0.123. The van der Waals surface area contributed by atoms with Gasteiger partial charge >= 0.3 is 0 Å². The van der Waals surface area contributed by atoms with Crippen LogP contribution in [0.4, 0.5) is 0 Å². The molecule has 4 aliphatic rings. The Bertz CT molecular complexity index is 828. The molecule has 4 aliphatic carbocycles. The fourth-order valence-electron chi connectivity index (χ4n) is 8.47. The molecule has 184 valence electrons. The third-order valence-corrected chi connectivity index (χ3v) is 10.2. The molecule has 0 amide bonds. The highest BCUT2D eigenvalue weighted by atomic mass is 16.3. The number of hydrogen-bond acceptors (Lipinski definition) is 3. The third-order valence-electron chi connectivity index (χ3n) is 10.2. The van der Waals surface area contributed by atoms with Crippen molar-refractivity contribution in [2.75, 3.05) is 0 Å². The maximum atomic E-state index is 13.3. The normalized spacial score (nSPS) is 38.6. The Balaban J connectivity index is 1.23. The summed E-state index contributed by atoms with van der Waals surface area (Å²) in [6, 6.07) is 0. The topological polar surface area (TPSA) is 55.1 Å². The van der Waals surface area contributed by atoms with Crippen LogP contribution in [0.2, 0.25) is 0 Å². The van der Waals surface area contributed by atoms with Crippen molar-refractivity contribution in [2.45, 2.75) is 122 Å². The van der Waals surface area contributed by atoms with Crippen molar-refractivity contribution in [1.29, 1.82) is 0 Å². The van der Waals surface area contributed by atoms with Crippen LogP contribution in [-0.2, 0) is 24.2 Å². The quantitative estimate of drug-likeness (QED) is 0.539. The Morgan fingerprint density at radius 3 is 2.76 bits per heavy atom. The lowest BCUT2D eigenvalue weighted by atomic mass is 9.56. The average molecular weight is 455 g/mol. The van der Waals surface area contributed by atoms with Crippen LogP contribution < -0.4 is 0 Å². The molecule has 0 bridgehead atoms. The van der Waals surface area contributed by atoms with Crippen LogP contribution in [0.25, 0.3) is 0 Å². The molecule has 1 aromatic rings. The van der Waals surface area contributed by atoms with E-state index in [0.29, 0.717) is 12.3 Å². The highest BCUT2D eigenvalue weighted by molar-refractivity contribution is 5.81. The Morgan fingerprint density at radius 2 is 1.91 bits per heavy atom. The molecule has 1 aromatic heterocycles. The molecule has 7 atom stereocenters. The Hall–Kier alpha value is -1.16. The summed E-state index contributed by atoms with van der Waals surface area (Å²) < 4.78 is 2.04. The lowest BCUT2D eigenvalue weighted by Crippen LogP contribution is -2.45. The van der Waals surface area contributed by atoms with E-state index in [1.54, 1.807) is 0 Å². The largest absolute Gasteiger partial charge is 0.390 e. The van der Waals surface area contributed by atoms with Gasteiger partial charge in [-0.05, 0) is 126 Å². The van der Waals surface area contributed by atoms with Gasteiger partial charge in [-0.25, -0.2) is 0 Å². The van der Waals surface area contributed by atoms with Gasteiger partial charge in [-0.15, -0.1) is 0 Å². The summed E-state index contributed by atoms with van der Waals surface area (Å²) in [5.74, 6) is 4.55. The first-order valence-corrected chi connectivity index (χ1v) is 14.2. The number of aromatic nitrogens is 2. The molecule has 0 aromatic carbocycles. The van der Waals surface area contributed by atoms with E-state index in [0.717, 1.165) is 68.1 Å². The van der Waals surface area contributed by atoms with Crippen molar-refractivity contribution in [3.8, 4) is 0 Å². The van der Waals surface area contributed by atoms with E-state index < -0.39 is 5.60 Å². The maximum absolute atomic E-state index is 13.3. The molecule has 3 saturated carbocycles. The van der Waals surface area contributed by atoms with Crippen molar-refractivity contribution in [1.82, 2.24) is 9.78 Å². The van der Waals surface area contributed by atoms with Crippen molar-refractivity contribution in [3.63, 3.8) is 0 Å². The number of ketones is 1. The Labute approximate surface area is 200 Å². The number of carbonyl (C=O) groups excluding carboxylic acids is 1. The number of unbranched alkanes of at least 4 members (excludes halogenated alkanes) is 1. The van der Waals surface area contributed by atoms with Crippen LogP contribution in [0.15, 0.2) is 6.20 Å². The maximum Gasteiger partial charge on any atom is 0.157 e. The van der Waals surface area contributed by atoms with Gasteiger partial charge in [0.25, 0.3) is 0 Å². The molecule has 1 heterocycles. The standard InChI is InChI=1S/C29H46N2O2/c1-3-4-8-26-24(13-12-22-17-29(2,33)15-14-25(22)26)20-10-11-21(16-20)28(32)19-31-27-9-6-5-7-23(27)18-30-31/h18,20-22,24-26,33H,3-17,19H2,1-2H3/t20-,21+,22-,24+,25+,26+,29-/m1/s1. The number of fused-ring (bicyclic) bond motifs is 2. The summed E-state index contributed by atoms with van der Waals surface area (Å²) in [6.45, 7) is 4.87. The third kappa shape index (κ3) is 4.97. The van der Waals surface area contributed by atoms with Gasteiger partial charge in [0.2, 0.25) is 0 Å². The number of carbonyl (C=O) groups is 1. The molecule has 1 N–H and O–H groups in total. The summed E-state index contributed by atoms with van der Waals surface area (Å²) in [6.07, 6.45) is 20.0. The first-order chi connectivity index (χ1) is 15.9. The molecule has 0 unspecified atom stereocenters. The second-order valence-corrected chi connectivity index (χ2v) is 12.4. The van der Waals surface area contributed by atoms with Gasteiger partial charge in [0.1, 0.15) is 6.54 Å². The first-order valence-electron chi connectivity index (χ1n) is 14.2. The van der Waals surface area contributed by atoms with Gasteiger partial charge in [0, 0.05) is 11.6 Å². The van der Waals surface area contributed by atoms with Crippen molar-refractivity contribution >= 4 is 5.78 Å². The van der Waals surface area contributed by atoms with E-state index >= 15 is 0 Å². The van der Waals surface area contributed by atoms with Gasteiger partial charge < -0.3 is 5.11 Å². The van der Waals surface area contributed by atoms with E-state index in [9.17, 15) is 9.90 Å². The molecule has 0 aliphatic heterocycles. The van der Waals surface area contributed by atoms with E-state index in [-0.39, 0.29) is 5.92 Å². The average Bonchev–Trinajstić information content (AvgIpc) is 3.44. The Morgan fingerprint density at radius 1 is 1.12 bits per heavy atom. The molecule has 4 nitrogen and oxygen atoms in total. The summed E-state index contributed by atoms with van der Waals surface area (Å²) in [5, 5.41) is 15.3. The second kappa shape index (κ2) is 9.84. The van der Waals surface area contributed by atoms with Gasteiger partial charge in [0.05, 0.1) is 11.8 Å². The zero-order valence-electron chi connectivity index (χ0n) is 21.1. The highest BCUT2D eigenvalue weighted by Gasteiger charge is 2.48. The van der Waals surface area contributed by atoms with Crippen LogP contribution in [0.3, 0.4) is 0 Å². The molecule has 3 fully saturated rings. The van der Waals surface area contributed by atoms with Gasteiger partial charge in [-0.1, -0.05) is 19.8 Å². The van der Waals surface area contributed by atoms with E-state index in [1.807, 2.05) is 10.9 Å². The highest BCUT2D eigenvalue weighted by Crippen LogP contribution is 2.54. The predicted octanol–water partition coefficient (Wildman–Crippen LogP) is 6.13. The van der Waals surface area contributed by atoms with Crippen molar-refractivity contribution < 1.29 is 9.90 Å². The van der Waals surface area contributed by atoms with E-state index in [4.69, 9.17) is 0 Å². The predicted molar refractivity (Wildman–Crippen MR) is 132 cm³/mol. The van der Waals surface area contributed by atoms with Gasteiger partial charge in [-0.2, -0.15) is 5.10 Å². The molecule has 0 radical (unpaired) electrons. The SMILES string of the molecule is CCCC[C@H]1[C@H]([C@@H]2CC[C@H](C(=O)Cn3ncc4c3CCCC4)C2)CC[C@@H]2C[C@](C)(O)CC[C@@H]21. The van der Waals surface area contributed by atoms with Gasteiger partial charge in [0.15, 0.2) is 5.78 Å². The number of Topliss-reactive ketones (excluding diaryl/α,β-unsaturated/α-hetero) is 1. The molecular formula is C29H46N2O2. The van der Waals surface area contributed by atoms with E-state index in [2.05, 4.69) is 18.9 Å². The summed E-state index contributed by atoms with van der Waals surface area (Å²) in [7, 11) is 0. The molecular weight excluding hydrogens is 408 g/mol. The van der Waals surface area contributed by atoms with Gasteiger partial charge in [-0.3, -0.25) is 9.48 Å². The minimum atomic E-state index is -0.445. The smallest absolute Gasteiger partial charge is 0.157 e. The summed E-state index contributed by atoms with van der Waals surface area (Å²) in [5.41, 5.74) is 2.26. The number of aliphatic hydroxyl groups is 1. The van der Waals surface area contributed by atoms with Crippen LogP contribution in [0.1, 0.15) is 109 Å². The number of hydrogen-bond donors (Lipinski definition) is 1. The molecule has 5 rings (SSSR count). The summed E-state index contributed by atoms with van der Waals surface area (Å²) in [4.78, 5) is 13.3. The van der Waals surface area contributed by atoms with Crippen LogP contribution in [0, 0.1) is 35.5 Å². The molecule has 33 heavy (non-hydrogen) atoms. The van der Waals surface area contributed by atoms with Crippen molar-refractivity contribution in [3.05, 3.63) is 17.5 Å². The minimum absolute atomic E-state index is 0.245. The van der Waals surface area contributed by atoms with E-state index in [1.165, 1.54) is 69.0 Å². The Kier molecular flexibility index (Phi) is 7.03. The minimum Gasteiger partial charge on any atom is -0.390 e. The second-order valence-electron chi connectivity index (χ2n) is 12.4. The zero-order chi connectivity index (χ0) is 23.0. The first kappa shape index (κ1) is 23.6. The lowest BCUT2D eigenvalue weighted by Gasteiger charge is -2.51.